The van der Waals surface area contributed by atoms with E-state index in [4.69, 9.17) is 0 Å². The quantitative estimate of drug-likeness (QED) is 0.416. The molecule has 0 fully saturated rings. The van der Waals surface area contributed by atoms with Gasteiger partial charge in [0.05, 0.1) is 0 Å². The van der Waals surface area contributed by atoms with Gasteiger partial charge < -0.3 is 14.7 Å². The Morgan fingerprint density at radius 1 is 0.706 bits per heavy atom. The lowest BCUT2D eigenvalue weighted by Gasteiger charge is -2.26. The van der Waals surface area contributed by atoms with E-state index in [1.807, 2.05) is 64.8 Å². The molecule has 0 amide bonds. The molecular formula is C31H49N3. The Morgan fingerprint density at radius 2 is 1.29 bits per heavy atom. The lowest BCUT2D eigenvalue weighted by molar-refractivity contribution is 0.394. The first kappa shape index (κ1) is 31.1. The molecule has 0 spiro atoms. The number of nitrogens with zero attached hydrogens (tertiary/aromatic N) is 3. The van der Waals surface area contributed by atoms with Crippen molar-refractivity contribution >= 4 is 0 Å². The van der Waals surface area contributed by atoms with Crippen LogP contribution in [0.5, 0.6) is 0 Å². The second kappa shape index (κ2) is 15.8. The molecule has 3 heteroatoms. The van der Waals surface area contributed by atoms with Gasteiger partial charge in [0.15, 0.2) is 0 Å². The number of hydrogen-bond acceptors (Lipinski definition) is 3. The second-order valence-electron chi connectivity index (χ2n) is 9.11. The fourth-order valence-electron chi connectivity index (χ4n) is 3.35. The Morgan fingerprint density at radius 3 is 1.71 bits per heavy atom. The van der Waals surface area contributed by atoms with Crippen LogP contribution in [0.15, 0.2) is 109 Å². The summed E-state index contributed by atoms with van der Waals surface area (Å²) in [7, 11) is 4.06. The molecule has 0 unspecified atom stereocenters. The van der Waals surface area contributed by atoms with Crippen LogP contribution in [0, 0.1) is 11.8 Å². The summed E-state index contributed by atoms with van der Waals surface area (Å²) in [5, 5.41) is 0. The Bertz CT molecular complexity index is 857. The van der Waals surface area contributed by atoms with Crippen LogP contribution in [0.1, 0.15) is 55.4 Å². The maximum absolute atomic E-state index is 4.00. The minimum Gasteiger partial charge on any atom is -0.357 e. The largest absolute Gasteiger partial charge is 0.357 e. The Kier molecular flexibility index (Phi) is 14.5. The van der Waals surface area contributed by atoms with E-state index >= 15 is 0 Å². The summed E-state index contributed by atoms with van der Waals surface area (Å²) in [6.07, 6.45) is 20.5. The van der Waals surface area contributed by atoms with E-state index in [0.717, 1.165) is 17.0 Å². The van der Waals surface area contributed by atoms with Crippen molar-refractivity contribution in [3.05, 3.63) is 109 Å². The predicted octanol–water partition coefficient (Wildman–Crippen LogP) is 8.40. The van der Waals surface area contributed by atoms with Gasteiger partial charge in [-0.05, 0) is 66.7 Å². The smallest absolute Gasteiger partial charge is 0.0365 e. The maximum atomic E-state index is 4.00. The van der Waals surface area contributed by atoms with E-state index in [1.54, 1.807) is 0 Å². The van der Waals surface area contributed by atoms with Crippen molar-refractivity contribution in [2.45, 2.75) is 61.4 Å². The van der Waals surface area contributed by atoms with Crippen molar-refractivity contribution in [3.63, 3.8) is 0 Å². The zero-order valence-corrected chi connectivity index (χ0v) is 23.5. The molecule has 0 bridgehead atoms. The highest BCUT2D eigenvalue weighted by Crippen LogP contribution is 2.24. The molecule has 0 aromatic rings. The SMILES string of the molecule is C=C1C(C(C)C)=CC=CN1C.C=C1C=CC=CN1C(C)C.C=C1C=CN(C)C=C1C(C)C.CC. The summed E-state index contributed by atoms with van der Waals surface area (Å²) in [6.45, 7) is 28.9. The van der Waals surface area contributed by atoms with Crippen LogP contribution < -0.4 is 0 Å². The monoisotopic (exact) mass is 463 g/mol. The molecule has 0 atom stereocenters. The van der Waals surface area contributed by atoms with E-state index < -0.39 is 0 Å². The summed E-state index contributed by atoms with van der Waals surface area (Å²) < 4.78 is 0. The van der Waals surface area contributed by atoms with Crippen molar-refractivity contribution in [1.82, 2.24) is 14.7 Å². The van der Waals surface area contributed by atoms with Crippen LogP contribution in [0.2, 0.25) is 0 Å². The molecule has 3 aliphatic rings. The summed E-state index contributed by atoms with van der Waals surface area (Å²) in [6, 6.07) is 0.508. The van der Waals surface area contributed by atoms with E-state index in [1.165, 1.54) is 11.1 Å². The normalized spacial score (nSPS) is 16.6. The number of likely N-dealkylation sites (N-methyl/N-ethyl adjacent to an activating group) is 1. The third kappa shape index (κ3) is 10.3. The Labute approximate surface area is 211 Å². The first-order chi connectivity index (χ1) is 16.0. The number of allylic oxidation sites excluding steroid dienone is 9. The van der Waals surface area contributed by atoms with Crippen LogP contribution in [0.4, 0.5) is 0 Å². The Hall–Kier alpha value is -2.94. The molecule has 0 saturated carbocycles. The molecule has 0 aromatic heterocycles. The van der Waals surface area contributed by atoms with Gasteiger partial charge in [-0.2, -0.15) is 0 Å². The highest BCUT2D eigenvalue weighted by molar-refractivity contribution is 5.41. The van der Waals surface area contributed by atoms with Crippen molar-refractivity contribution in [2.75, 3.05) is 14.1 Å². The summed E-state index contributed by atoms with van der Waals surface area (Å²) >= 11 is 0. The molecule has 34 heavy (non-hydrogen) atoms. The van der Waals surface area contributed by atoms with Crippen LogP contribution >= 0.6 is 0 Å². The summed E-state index contributed by atoms with van der Waals surface area (Å²) in [5.41, 5.74) is 5.98. The first-order valence-electron chi connectivity index (χ1n) is 12.4. The molecule has 188 valence electrons. The highest BCUT2D eigenvalue weighted by Gasteiger charge is 2.11. The van der Waals surface area contributed by atoms with Crippen LogP contribution in [0.3, 0.4) is 0 Å². The van der Waals surface area contributed by atoms with Crippen molar-refractivity contribution in [1.29, 1.82) is 0 Å². The standard InChI is InChI=1S/2C10H15N.C9H13N.C2H6/c1-8(2)10-7-11(4)6-5-9(10)3;1-8(2)10-6-5-7-11(4)9(10)3;1-8(2)10-7-5-4-6-9(10)3;1-2/h2*5-8H,3H2,1-2,4H3;4-8H,3H2,1-2H3;1-2H3. The fourth-order valence-corrected chi connectivity index (χ4v) is 3.35. The zero-order chi connectivity index (χ0) is 26.4. The van der Waals surface area contributed by atoms with E-state index in [0.29, 0.717) is 17.9 Å². The van der Waals surface area contributed by atoms with E-state index in [9.17, 15) is 0 Å². The fraction of sp³-hybridized carbons (Fsp3) is 0.419. The number of hydrogen-bond donors (Lipinski definition) is 0. The molecule has 3 heterocycles. The molecule has 3 aliphatic heterocycles. The summed E-state index contributed by atoms with van der Waals surface area (Å²) in [4.78, 5) is 6.25. The van der Waals surface area contributed by atoms with Crippen molar-refractivity contribution in [3.8, 4) is 0 Å². The topological polar surface area (TPSA) is 9.72 Å². The van der Waals surface area contributed by atoms with Gasteiger partial charge in [0, 0.05) is 56.3 Å². The van der Waals surface area contributed by atoms with Gasteiger partial charge in [0.1, 0.15) is 0 Å². The minimum absolute atomic E-state index is 0.508. The third-order valence-electron chi connectivity index (χ3n) is 5.35. The van der Waals surface area contributed by atoms with Gasteiger partial charge in [-0.25, -0.2) is 0 Å². The molecule has 3 nitrogen and oxygen atoms in total. The molecule has 0 saturated heterocycles. The lowest BCUT2D eigenvalue weighted by Crippen LogP contribution is -2.24. The van der Waals surface area contributed by atoms with E-state index in [-0.39, 0.29) is 0 Å². The van der Waals surface area contributed by atoms with Crippen LogP contribution in [-0.4, -0.2) is 34.8 Å². The minimum atomic E-state index is 0.508. The molecule has 0 aliphatic carbocycles. The van der Waals surface area contributed by atoms with Gasteiger partial charge >= 0.3 is 0 Å². The van der Waals surface area contributed by atoms with Gasteiger partial charge in [0.2, 0.25) is 0 Å². The summed E-state index contributed by atoms with van der Waals surface area (Å²) in [5.74, 6) is 1.13. The highest BCUT2D eigenvalue weighted by atomic mass is 15.1. The van der Waals surface area contributed by atoms with E-state index in [2.05, 4.69) is 100 Å². The number of rotatable bonds is 3. The predicted molar refractivity (Wildman–Crippen MR) is 154 cm³/mol. The van der Waals surface area contributed by atoms with Gasteiger partial charge in [-0.1, -0.05) is 73.4 Å². The van der Waals surface area contributed by atoms with Crippen LogP contribution in [-0.2, 0) is 0 Å². The van der Waals surface area contributed by atoms with Crippen molar-refractivity contribution < 1.29 is 0 Å². The molecule has 0 radical (unpaired) electrons. The van der Waals surface area contributed by atoms with Gasteiger partial charge in [-0.15, -0.1) is 0 Å². The molecule has 0 aromatic carbocycles. The molecular weight excluding hydrogens is 414 g/mol. The average molecular weight is 464 g/mol. The average Bonchev–Trinajstić information content (AvgIpc) is 2.79. The van der Waals surface area contributed by atoms with Crippen LogP contribution in [0.25, 0.3) is 0 Å². The van der Waals surface area contributed by atoms with Crippen molar-refractivity contribution in [2.24, 2.45) is 11.8 Å². The first-order valence-corrected chi connectivity index (χ1v) is 12.4. The lowest BCUT2D eigenvalue weighted by atomic mass is 9.96. The third-order valence-corrected chi connectivity index (χ3v) is 5.35. The van der Waals surface area contributed by atoms with Gasteiger partial charge in [0.25, 0.3) is 0 Å². The Balaban J connectivity index is 0.000000463. The second-order valence-corrected chi connectivity index (χ2v) is 9.11. The molecule has 0 N–H and O–H groups in total. The zero-order valence-electron chi connectivity index (χ0n) is 23.5. The van der Waals surface area contributed by atoms with Gasteiger partial charge in [-0.3, -0.25) is 0 Å². The molecule has 3 rings (SSSR count). The maximum Gasteiger partial charge on any atom is 0.0365 e.